The van der Waals surface area contributed by atoms with E-state index in [1.165, 1.54) is 5.56 Å². The second-order valence-electron chi connectivity index (χ2n) is 5.15. The van der Waals surface area contributed by atoms with E-state index in [0.29, 0.717) is 6.54 Å². The Morgan fingerprint density at radius 2 is 2.28 bits per heavy atom. The van der Waals surface area contributed by atoms with Gasteiger partial charge in [0.1, 0.15) is 5.75 Å². The maximum atomic E-state index is 11.1. The second kappa shape index (κ2) is 4.24. The summed E-state index contributed by atoms with van der Waals surface area (Å²) in [5.41, 5.74) is 2.26. The summed E-state index contributed by atoms with van der Waals surface area (Å²) in [6.07, 6.45) is 0.912. The van der Waals surface area contributed by atoms with Crippen LogP contribution in [0.1, 0.15) is 17.0 Å². The molecule has 0 spiro atoms. The molecule has 2 unspecified atom stereocenters. The van der Waals surface area contributed by atoms with Gasteiger partial charge in [0.25, 0.3) is 0 Å². The minimum Gasteiger partial charge on any atom is -0.493 e. The van der Waals surface area contributed by atoms with Crippen LogP contribution in [0.2, 0.25) is 0 Å². The zero-order valence-corrected chi connectivity index (χ0v) is 10.3. The van der Waals surface area contributed by atoms with Crippen LogP contribution < -0.4 is 4.74 Å². The number of ether oxygens (including phenoxy) is 1. The molecular formula is C13H16N2O3. The highest BCUT2D eigenvalue weighted by atomic mass is 16.6. The fourth-order valence-corrected chi connectivity index (χ4v) is 2.96. The van der Waals surface area contributed by atoms with Crippen LogP contribution in [0, 0.1) is 10.1 Å². The molecule has 18 heavy (non-hydrogen) atoms. The Balaban J connectivity index is 1.91. The van der Waals surface area contributed by atoms with E-state index in [2.05, 4.69) is 6.07 Å². The van der Waals surface area contributed by atoms with Gasteiger partial charge >= 0.3 is 0 Å². The number of nitro groups is 1. The Morgan fingerprint density at radius 3 is 3.06 bits per heavy atom. The zero-order chi connectivity index (χ0) is 12.7. The standard InChI is InChI=1S/C13H16N2O3/c1-14-7-11(12(8-14)15(16)17)9-2-3-13-10(6-9)4-5-18-13/h2-3,6,11-12H,4-5,7-8H2,1H3. The third kappa shape index (κ3) is 1.84. The molecule has 5 nitrogen and oxygen atoms in total. The highest BCUT2D eigenvalue weighted by molar-refractivity contribution is 5.41. The fourth-order valence-electron chi connectivity index (χ4n) is 2.96. The first-order valence-corrected chi connectivity index (χ1v) is 6.23. The summed E-state index contributed by atoms with van der Waals surface area (Å²) in [6.45, 7) is 2.01. The Hall–Kier alpha value is -1.62. The van der Waals surface area contributed by atoms with Crippen molar-refractivity contribution in [2.24, 2.45) is 0 Å². The Morgan fingerprint density at radius 1 is 1.44 bits per heavy atom. The molecule has 2 aliphatic rings. The molecule has 0 N–H and O–H groups in total. The van der Waals surface area contributed by atoms with E-state index in [1.54, 1.807) is 0 Å². The maximum absolute atomic E-state index is 11.1. The van der Waals surface area contributed by atoms with Gasteiger partial charge in [-0.2, -0.15) is 0 Å². The average molecular weight is 248 g/mol. The normalized spacial score (nSPS) is 26.9. The molecule has 0 radical (unpaired) electrons. The quantitative estimate of drug-likeness (QED) is 0.584. The molecule has 3 rings (SSSR count). The van der Waals surface area contributed by atoms with Crippen molar-refractivity contribution in [3.8, 4) is 5.75 Å². The van der Waals surface area contributed by atoms with E-state index < -0.39 is 6.04 Å². The summed E-state index contributed by atoms with van der Waals surface area (Å²) in [4.78, 5) is 13.0. The summed E-state index contributed by atoms with van der Waals surface area (Å²) in [5.74, 6) is 0.929. The molecule has 1 saturated heterocycles. The molecular weight excluding hydrogens is 232 g/mol. The van der Waals surface area contributed by atoms with E-state index in [-0.39, 0.29) is 10.8 Å². The number of hydrogen-bond donors (Lipinski definition) is 0. The third-order valence-electron chi connectivity index (χ3n) is 3.88. The number of rotatable bonds is 2. The molecule has 0 aromatic heterocycles. The van der Waals surface area contributed by atoms with E-state index in [9.17, 15) is 10.1 Å². The number of fused-ring (bicyclic) bond motifs is 1. The average Bonchev–Trinajstić information content (AvgIpc) is 2.93. The fraction of sp³-hybridized carbons (Fsp3) is 0.538. The number of benzene rings is 1. The first kappa shape index (κ1) is 11.5. The van der Waals surface area contributed by atoms with E-state index in [1.807, 2.05) is 24.1 Å². The summed E-state index contributed by atoms with van der Waals surface area (Å²) in [7, 11) is 1.94. The van der Waals surface area contributed by atoms with Crippen LogP contribution in [-0.2, 0) is 6.42 Å². The molecule has 0 saturated carbocycles. The number of likely N-dealkylation sites (tertiary alicyclic amines) is 1. The monoisotopic (exact) mass is 248 g/mol. The highest BCUT2D eigenvalue weighted by Crippen LogP contribution is 2.33. The van der Waals surface area contributed by atoms with Crippen molar-refractivity contribution in [3.63, 3.8) is 0 Å². The van der Waals surface area contributed by atoms with Gasteiger partial charge in [-0.3, -0.25) is 15.0 Å². The molecule has 1 aromatic rings. The lowest BCUT2D eigenvalue weighted by Gasteiger charge is -2.13. The Bertz CT molecular complexity index is 489. The largest absolute Gasteiger partial charge is 0.493 e. The molecule has 2 aliphatic heterocycles. The lowest BCUT2D eigenvalue weighted by Crippen LogP contribution is -2.27. The van der Waals surface area contributed by atoms with Crippen LogP contribution in [0.4, 0.5) is 0 Å². The number of nitrogens with zero attached hydrogens (tertiary/aromatic N) is 2. The van der Waals surface area contributed by atoms with Crippen molar-refractivity contribution in [2.45, 2.75) is 18.4 Å². The first-order valence-electron chi connectivity index (χ1n) is 6.23. The summed E-state index contributed by atoms with van der Waals surface area (Å²) in [6, 6.07) is 5.52. The second-order valence-corrected chi connectivity index (χ2v) is 5.15. The van der Waals surface area contributed by atoms with Gasteiger partial charge in [-0.15, -0.1) is 0 Å². The highest BCUT2D eigenvalue weighted by Gasteiger charge is 2.40. The van der Waals surface area contributed by atoms with Crippen molar-refractivity contribution >= 4 is 0 Å². The molecule has 5 heteroatoms. The van der Waals surface area contributed by atoms with Gasteiger partial charge < -0.3 is 4.74 Å². The van der Waals surface area contributed by atoms with E-state index in [0.717, 1.165) is 30.9 Å². The minimum atomic E-state index is -0.490. The number of hydrogen-bond acceptors (Lipinski definition) is 4. The lowest BCUT2D eigenvalue weighted by atomic mass is 9.93. The van der Waals surface area contributed by atoms with Crippen molar-refractivity contribution in [1.82, 2.24) is 4.90 Å². The van der Waals surface area contributed by atoms with Gasteiger partial charge in [0.2, 0.25) is 6.04 Å². The molecule has 1 aromatic carbocycles. The van der Waals surface area contributed by atoms with Crippen LogP contribution in [0.15, 0.2) is 18.2 Å². The van der Waals surface area contributed by atoms with Crippen molar-refractivity contribution in [3.05, 3.63) is 39.4 Å². The zero-order valence-electron chi connectivity index (χ0n) is 10.3. The molecule has 2 heterocycles. The first-order chi connectivity index (χ1) is 8.65. The van der Waals surface area contributed by atoms with Crippen LogP contribution in [0.25, 0.3) is 0 Å². The Labute approximate surface area is 106 Å². The van der Waals surface area contributed by atoms with Crippen LogP contribution in [0.5, 0.6) is 5.75 Å². The van der Waals surface area contributed by atoms with Gasteiger partial charge in [0.05, 0.1) is 19.1 Å². The van der Waals surface area contributed by atoms with Crippen LogP contribution in [-0.4, -0.2) is 42.6 Å². The smallest absolute Gasteiger partial charge is 0.233 e. The predicted octanol–water partition coefficient (Wildman–Crippen LogP) is 1.30. The molecule has 0 aliphatic carbocycles. The molecule has 1 fully saturated rings. The molecule has 96 valence electrons. The van der Waals surface area contributed by atoms with Gasteiger partial charge in [-0.1, -0.05) is 12.1 Å². The van der Waals surface area contributed by atoms with E-state index >= 15 is 0 Å². The van der Waals surface area contributed by atoms with Crippen LogP contribution >= 0.6 is 0 Å². The van der Waals surface area contributed by atoms with Gasteiger partial charge in [0, 0.05) is 17.9 Å². The van der Waals surface area contributed by atoms with Crippen molar-refractivity contribution < 1.29 is 9.66 Å². The molecule has 0 bridgehead atoms. The summed E-state index contributed by atoms with van der Waals surface area (Å²) < 4.78 is 5.47. The minimum absolute atomic E-state index is 0.00380. The van der Waals surface area contributed by atoms with Crippen LogP contribution in [0.3, 0.4) is 0 Å². The van der Waals surface area contributed by atoms with Crippen molar-refractivity contribution in [2.75, 3.05) is 26.7 Å². The lowest BCUT2D eigenvalue weighted by molar-refractivity contribution is -0.521. The molecule has 2 atom stereocenters. The van der Waals surface area contributed by atoms with Gasteiger partial charge in [-0.25, -0.2) is 0 Å². The predicted molar refractivity (Wildman–Crippen MR) is 66.7 cm³/mol. The summed E-state index contributed by atoms with van der Waals surface area (Å²) in [5, 5.41) is 11.1. The third-order valence-corrected chi connectivity index (χ3v) is 3.88. The summed E-state index contributed by atoms with van der Waals surface area (Å²) >= 11 is 0. The Kier molecular flexibility index (Phi) is 2.70. The SMILES string of the molecule is CN1CC(c2ccc3c(c2)CCO3)C([N+](=O)[O-])C1. The molecule has 0 amide bonds. The van der Waals surface area contributed by atoms with E-state index in [4.69, 9.17) is 4.74 Å². The van der Waals surface area contributed by atoms with Gasteiger partial charge in [0.15, 0.2) is 0 Å². The van der Waals surface area contributed by atoms with Gasteiger partial charge in [-0.05, 0) is 24.2 Å². The maximum Gasteiger partial charge on any atom is 0.233 e. The topological polar surface area (TPSA) is 55.6 Å². The number of likely N-dealkylation sites (N-methyl/N-ethyl adjacent to an activating group) is 1. The van der Waals surface area contributed by atoms with Crippen molar-refractivity contribution in [1.29, 1.82) is 0 Å².